The van der Waals surface area contributed by atoms with Crippen LogP contribution in [0.25, 0.3) is 0 Å². The van der Waals surface area contributed by atoms with E-state index in [2.05, 4.69) is 29.5 Å². The standard InChI is InChI=1S/C6H19N3Si/c1-5-10-9-6(2,7-3)8-4/h7-9H,5,10H2,1-4H3. The summed E-state index contributed by atoms with van der Waals surface area (Å²) in [5.74, 6) is -0.0533. The molecule has 3 N–H and O–H groups in total. The highest BCUT2D eigenvalue weighted by molar-refractivity contribution is 6.32. The molecule has 0 unspecified atom stereocenters. The molecule has 62 valence electrons. The van der Waals surface area contributed by atoms with Gasteiger partial charge >= 0.3 is 0 Å². The molecular formula is C6H19N3Si. The molecule has 3 nitrogen and oxygen atoms in total. The highest BCUT2D eigenvalue weighted by atomic mass is 28.2. The Bertz CT molecular complexity index is 83.1. The summed E-state index contributed by atoms with van der Waals surface area (Å²) in [7, 11) is 3.82. The Hall–Kier alpha value is 0.0969. The number of hydrogen-bond acceptors (Lipinski definition) is 3. The van der Waals surface area contributed by atoms with E-state index >= 15 is 0 Å². The maximum atomic E-state index is 3.46. The quantitative estimate of drug-likeness (QED) is 0.365. The van der Waals surface area contributed by atoms with E-state index in [4.69, 9.17) is 0 Å². The van der Waals surface area contributed by atoms with Gasteiger partial charge in [0, 0.05) is 0 Å². The minimum Gasteiger partial charge on any atom is -0.314 e. The summed E-state index contributed by atoms with van der Waals surface area (Å²) in [6.45, 7) is 4.32. The molecule has 0 fully saturated rings. The molecule has 0 rings (SSSR count). The monoisotopic (exact) mass is 161 g/mol. The second kappa shape index (κ2) is 4.84. The molecule has 0 aliphatic heterocycles. The average Bonchev–Trinajstić information content (AvgIpc) is 2.00. The van der Waals surface area contributed by atoms with Crippen molar-refractivity contribution in [1.82, 2.24) is 15.6 Å². The average molecular weight is 161 g/mol. The highest BCUT2D eigenvalue weighted by Gasteiger charge is 2.15. The maximum Gasteiger partial charge on any atom is 0.113 e. The summed E-state index contributed by atoms with van der Waals surface area (Å²) >= 11 is 0. The van der Waals surface area contributed by atoms with E-state index in [9.17, 15) is 0 Å². The fraction of sp³-hybridized carbons (Fsp3) is 1.00. The first kappa shape index (κ1) is 10.1. The Morgan fingerprint density at radius 1 is 1.30 bits per heavy atom. The molecule has 0 amide bonds. The van der Waals surface area contributed by atoms with E-state index < -0.39 is 0 Å². The predicted molar refractivity (Wildman–Crippen MR) is 48.7 cm³/mol. The molecule has 0 aliphatic rings. The van der Waals surface area contributed by atoms with Gasteiger partial charge in [-0.05, 0) is 21.0 Å². The summed E-state index contributed by atoms with van der Waals surface area (Å²) in [5.41, 5.74) is 0. The lowest BCUT2D eigenvalue weighted by molar-refractivity contribution is 0.306. The van der Waals surface area contributed by atoms with Crippen LogP contribution in [-0.4, -0.2) is 29.6 Å². The third kappa shape index (κ3) is 3.31. The summed E-state index contributed by atoms with van der Waals surface area (Å²) in [6, 6.07) is 1.29. The van der Waals surface area contributed by atoms with Crippen molar-refractivity contribution >= 4 is 9.68 Å². The number of hydrogen-bond donors (Lipinski definition) is 3. The molecule has 0 saturated carbocycles. The third-order valence-corrected chi connectivity index (χ3v) is 3.19. The van der Waals surface area contributed by atoms with Crippen LogP contribution in [0.1, 0.15) is 13.8 Å². The van der Waals surface area contributed by atoms with Gasteiger partial charge in [0.2, 0.25) is 0 Å². The van der Waals surface area contributed by atoms with Crippen molar-refractivity contribution in [2.75, 3.05) is 14.1 Å². The van der Waals surface area contributed by atoms with Gasteiger partial charge in [-0.3, -0.25) is 10.6 Å². The predicted octanol–water partition coefficient (Wildman–Crippen LogP) is -0.789. The van der Waals surface area contributed by atoms with Crippen LogP contribution in [0.2, 0.25) is 6.04 Å². The van der Waals surface area contributed by atoms with E-state index in [1.807, 2.05) is 14.1 Å². The molecule has 0 aromatic heterocycles. The lowest BCUT2D eigenvalue weighted by Gasteiger charge is -2.30. The summed E-state index contributed by atoms with van der Waals surface area (Å²) in [5, 5.41) is 6.35. The van der Waals surface area contributed by atoms with Crippen molar-refractivity contribution in [3.8, 4) is 0 Å². The van der Waals surface area contributed by atoms with Crippen molar-refractivity contribution in [2.24, 2.45) is 0 Å². The number of nitrogens with one attached hydrogen (secondary N) is 3. The Morgan fingerprint density at radius 3 is 2.10 bits per heavy atom. The molecule has 0 radical (unpaired) electrons. The molecule has 4 heteroatoms. The fourth-order valence-electron chi connectivity index (χ4n) is 0.677. The van der Waals surface area contributed by atoms with Crippen molar-refractivity contribution in [1.29, 1.82) is 0 Å². The smallest absolute Gasteiger partial charge is 0.113 e. The van der Waals surface area contributed by atoms with Gasteiger partial charge in [-0.1, -0.05) is 13.0 Å². The van der Waals surface area contributed by atoms with E-state index in [0.29, 0.717) is 0 Å². The Balaban J connectivity index is 3.58. The van der Waals surface area contributed by atoms with E-state index in [0.717, 1.165) is 0 Å². The van der Waals surface area contributed by atoms with Gasteiger partial charge in [-0.2, -0.15) is 0 Å². The minimum atomic E-state index is -0.0794. The Labute approximate surface area is 65.9 Å². The third-order valence-electron chi connectivity index (χ3n) is 1.73. The lowest BCUT2D eigenvalue weighted by Crippen LogP contribution is -2.62. The lowest BCUT2D eigenvalue weighted by atomic mass is 10.4. The van der Waals surface area contributed by atoms with Gasteiger partial charge in [0.05, 0.1) is 9.68 Å². The van der Waals surface area contributed by atoms with E-state index in [1.54, 1.807) is 0 Å². The maximum absolute atomic E-state index is 3.46. The summed E-state index contributed by atoms with van der Waals surface area (Å²) < 4.78 is 0. The van der Waals surface area contributed by atoms with Crippen molar-refractivity contribution in [3.05, 3.63) is 0 Å². The zero-order valence-electron chi connectivity index (χ0n) is 7.41. The van der Waals surface area contributed by atoms with Gasteiger partial charge in [0.25, 0.3) is 0 Å². The molecular weight excluding hydrogens is 142 g/mol. The zero-order valence-corrected chi connectivity index (χ0v) is 8.83. The van der Waals surface area contributed by atoms with Crippen LogP contribution in [0.4, 0.5) is 0 Å². The Kier molecular flexibility index (Phi) is 4.89. The summed E-state index contributed by atoms with van der Waals surface area (Å²) in [6.07, 6.45) is 0. The van der Waals surface area contributed by atoms with Gasteiger partial charge in [-0.15, -0.1) is 0 Å². The van der Waals surface area contributed by atoms with Crippen LogP contribution in [-0.2, 0) is 0 Å². The minimum absolute atomic E-state index is 0.0533. The number of rotatable bonds is 5. The van der Waals surface area contributed by atoms with Crippen LogP contribution in [0.5, 0.6) is 0 Å². The second-order valence-electron chi connectivity index (χ2n) is 2.55. The first-order chi connectivity index (χ1) is 4.68. The van der Waals surface area contributed by atoms with Gasteiger partial charge < -0.3 is 4.98 Å². The van der Waals surface area contributed by atoms with Crippen LogP contribution in [0, 0.1) is 0 Å². The molecule has 0 aromatic carbocycles. The van der Waals surface area contributed by atoms with Gasteiger partial charge in [0.1, 0.15) is 5.79 Å². The van der Waals surface area contributed by atoms with Crippen LogP contribution < -0.4 is 15.6 Å². The van der Waals surface area contributed by atoms with Crippen molar-refractivity contribution < 1.29 is 0 Å². The molecule has 0 aromatic rings. The largest absolute Gasteiger partial charge is 0.314 e. The molecule has 0 aliphatic carbocycles. The van der Waals surface area contributed by atoms with Gasteiger partial charge in [0.15, 0.2) is 0 Å². The van der Waals surface area contributed by atoms with Crippen molar-refractivity contribution in [3.63, 3.8) is 0 Å². The normalized spacial score (nSPS) is 13.2. The van der Waals surface area contributed by atoms with Crippen LogP contribution in [0.3, 0.4) is 0 Å². The van der Waals surface area contributed by atoms with Gasteiger partial charge in [-0.25, -0.2) is 0 Å². The van der Waals surface area contributed by atoms with E-state index in [-0.39, 0.29) is 15.5 Å². The molecule has 0 atom stereocenters. The molecule has 10 heavy (non-hydrogen) atoms. The molecule has 0 heterocycles. The van der Waals surface area contributed by atoms with E-state index in [1.165, 1.54) is 6.04 Å². The molecule has 0 saturated heterocycles. The van der Waals surface area contributed by atoms with Crippen LogP contribution in [0.15, 0.2) is 0 Å². The first-order valence-corrected chi connectivity index (χ1v) is 5.52. The first-order valence-electron chi connectivity index (χ1n) is 3.81. The van der Waals surface area contributed by atoms with Crippen LogP contribution >= 0.6 is 0 Å². The topological polar surface area (TPSA) is 36.1 Å². The fourth-order valence-corrected chi connectivity index (χ4v) is 1.78. The zero-order chi connectivity index (χ0) is 8.04. The molecule has 0 bridgehead atoms. The Morgan fingerprint density at radius 2 is 1.80 bits per heavy atom. The second-order valence-corrected chi connectivity index (χ2v) is 4.41. The SMILES string of the molecule is CC[SiH2]NC(C)(NC)NC. The highest BCUT2D eigenvalue weighted by Crippen LogP contribution is 1.88. The van der Waals surface area contributed by atoms with Crippen molar-refractivity contribution in [2.45, 2.75) is 25.7 Å². The molecule has 0 spiro atoms. The summed E-state index contributed by atoms with van der Waals surface area (Å²) in [4.78, 5) is 3.46.